The van der Waals surface area contributed by atoms with Gasteiger partial charge in [-0.1, -0.05) is 42.1 Å². The summed E-state index contributed by atoms with van der Waals surface area (Å²) in [6.07, 6.45) is 7.54. The zero-order valence-electron chi connectivity index (χ0n) is 17.8. The average molecular weight is 471 g/mol. The molecule has 0 saturated heterocycles. The van der Waals surface area contributed by atoms with Crippen LogP contribution in [-0.2, 0) is 4.79 Å². The molecule has 166 valence electrons. The monoisotopic (exact) mass is 470 g/mol. The maximum Gasteiger partial charge on any atom is 0.257 e. The van der Waals surface area contributed by atoms with E-state index in [0.717, 1.165) is 20.3 Å². The second-order valence-electron chi connectivity index (χ2n) is 6.69. The number of rotatable bonds is 9. The summed E-state index contributed by atoms with van der Waals surface area (Å²) >= 11 is 2.84. The highest BCUT2D eigenvalue weighted by Gasteiger charge is 2.19. The van der Waals surface area contributed by atoms with Crippen LogP contribution in [0.2, 0.25) is 0 Å². The fourth-order valence-corrected chi connectivity index (χ4v) is 4.29. The standard InChI is InChI=1S/C22H23FN6OS2/c1-4-14(2)20(21(30)27-19-11-12-25-28-19)18(32-17-8-6-16(23)7-9-17)10-5-15(3)31-22-24-13-26-29-22/h5-13H,4H2,1-3H3,(H,24,26,29)(H2,25,27,28,30)/b15-5+,18-10+,20-14?. The van der Waals surface area contributed by atoms with Crippen LogP contribution in [0, 0.1) is 5.82 Å². The Balaban J connectivity index is 1.96. The summed E-state index contributed by atoms with van der Waals surface area (Å²) < 4.78 is 13.4. The molecule has 0 saturated carbocycles. The van der Waals surface area contributed by atoms with Crippen LogP contribution < -0.4 is 5.32 Å². The lowest BCUT2D eigenvalue weighted by Crippen LogP contribution is -2.17. The summed E-state index contributed by atoms with van der Waals surface area (Å²) in [6.45, 7) is 5.88. The summed E-state index contributed by atoms with van der Waals surface area (Å²) in [5.41, 5.74) is 1.49. The first-order valence-corrected chi connectivity index (χ1v) is 11.5. The predicted octanol–water partition coefficient (Wildman–Crippen LogP) is 5.70. The maximum absolute atomic E-state index is 13.4. The van der Waals surface area contributed by atoms with E-state index in [1.807, 2.05) is 32.9 Å². The zero-order valence-corrected chi connectivity index (χ0v) is 19.5. The van der Waals surface area contributed by atoms with Gasteiger partial charge in [0.1, 0.15) is 18.0 Å². The first-order valence-electron chi connectivity index (χ1n) is 9.82. The normalized spacial score (nSPS) is 13.1. The van der Waals surface area contributed by atoms with Crippen molar-refractivity contribution in [1.29, 1.82) is 0 Å². The Morgan fingerprint density at radius 1 is 1.09 bits per heavy atom. The molecule has 3 rings (SSSR count). The number of carbonyl (C=O) groups is 1. The smallest absolute Gasteiger partial charge is 0.257 e. The number of nitrogens with one attached hydrogen (secondary N) is 3. The first kappa shape index (κ1) is 23.6. The molecular weight excluding hydrogens is 447 g/mol. The number of anilines is 1. The lowest BCUT2D eigenvalue weighted by Gasteiger charge is -2.15. The van der Waals surface area contributed by atoms with Gasteiger partial charge in [0, 0.05) is 15.9 Å². The van der Waals surface area contributed by atoms with Crippen molar-refractivity contribution < 1.29 is 9.18 Å². The molecule has 1 amide bonds. The zero-order chi connectivity index (χ0) is 22.9. The summed E-state index contributed by atoms with van der Waals surface area (Å²) in [5, 5.41) is 16.8. The van der Waals surface area contributed by atoms with Crippen LogP contribution in [0.25, 0.3) is 0 Å². The topological polar surface area (TPSA) is 99.3 Å². The largest absolute Gasteiger partial charge is 0.307 e. The number of hydrogen-bond acceptors (Lipinski definition) is 6. The van der Waals surface area contributed by atoms with E-state index in [4.69, 9.17) is 0 Å². The van der Waals surface area contributed by atoms with E-state index in [0.29, 0.717) is 23.0 Å². The number of thioether (sulfide) groups is 2. The van der Waals surface area contributed by atoms with Crippen molar-refractivity contribution in [2.24, 2.45) is 0 Å². The second kappa shape index (κ2) is 11.5. The number of aromatic nitrogens is 5. The SMILES string of the molecule is CCC(C)=C(C(=O)Nc1ccn[nH]1)/C(=C\C=C(/C)Sc1ncn[nH]1)Sc1ccc(F)cc1. The molecule has 32 heavy (non-hydrogen) atoms. The van der Waals surface area contributed by atoms with Crippen LogP contribution in [0.4, 0.5) is 10.2 Å². The van der Waals surface area contributed by atoms with Crippen molar-refractivity contribution in [3.05, 3.63) is 81.8 Å². The van der Waals surface area contributed by atoms with Gasteiger partial charge in [-0.3, -0.25) is 15.0 Å². The highest BCUT2D eigenvalue weighted by atomic mass is 32.2. The van der Waals surface area contributed by atoms with Crippen molar-refractivity contribution in [3.63, 3.8) is 0 Å². The first-order chi connectivity index (χ1) is 15.5. The molecule has 0 aliphatic rings. The number of hydrogen-bond donors (Lipinski definition) is 3. The molecule has 0 spiro atoms. The molecule has 0 aliphatic carbocycles. The van der Waals surface area contributed by atoms with E-state index in [2.05, 4.69) is 30.7 Å². The van der Waals surface area contributed by atoms with E-state index in [1.54, 1.807) is 24.4 Å². The molecule has 0 unspecified atom stereocenters. The molecule has 3 aromatic rings. The number of amides is 1. The van der Waals surface area contributed by atoms with Crippen LogP contribution in [0.15, 0.2) is 86.0 Å². The number of carbonyl (C=O) groups excluding carboxylic acids is 1. The van der Waals surface area contributed by atoms with Crippen molar-refractivity contribution >= 4 is 35.2 Å². The molecule has 1 aromatic carbocycles. The Hall–Kier alpha value is -3.11. The van der Waals surface area contributed by atoms with E-state index >= 15 is 0 Å². The lowest BCUT2D eigenvalue weighted by atomic mass is 10.1. The Kier molecular flexibility index (Phi) is 8.46. The molecule has 0 atom stereocenters. The third-order valence-electron chi connectivity index (χ3n) is 4.34. The highest BCUT2D eigenvalue weighted by molar-refractivity contribution is 8.03. The Bertz CT molecular complexity index is 1120. The van der Waals surface area contributed by atoms with Gasteiger partial charge in [0.05, 0.1) is 11.8 Å². The molecule has 0 aliphatic heterocycles. The summed E-state index contributed by atoms with van der Waals surface area (Å²) in [4.78, 5) is 19.9. The van der Waals surface area contributed by atoms with Gasteiger partial charge in [-0.15, -0.1) is 0 Å². The van der Waals surface area contributed by atoms with E-state index in [-0.39, 0.29) is 11.7 Å². The van der Waals surface area contributed by atoms with E-state index in [1.165, 1.54) is 42.0 Å². The third kappa shape index (κ3) is 6.69. The number of halogens is 1. The van der Waals surface area contributed by atoms with Crippen molar-refractivity contribution in [1.82, 2.24) is 25.4 Å². The summed E-state index contributed by atoms with van der Waals surface area (Å²) in [5.74, 6) is -0.0462. The summed E-state index contributed by atoms with van der Waals surface area (Å²) in [6, 6.07) is 7.88. The average Bonchev–Trinajstić information content (AvgIpc) is 3.47. The Morgan fingerprint density at radius 3 is 2.50 bits per heavy atom. The lowest BCUT2D eigenvalue weighted by molar-refractivity contribution is -0.112. The number of H-pyrrole nitrogens is 2. The number of aromatic amines is 2. The van der Waals surface area contributed by atoms with Gasteiger partial charge in [-0.05, 0) is 55.5 Å². The van der Waals surface area contributed by atoms with Gasteiger partial charge >= 0.3 is 0 Å². The highest BCUT2D eigenvalue weighted by Crippen LogP contribution is 2.35. The molecule has 0 fully saturated rings. The van der Waals surface area contributed by atoms with Gasteiger partial charge in [0.15, 0.2) is 5.16 Å². The van der Waals surface area contributed by atoms with E-state index < -0.39 is 0 Å². The molecule has 3 N–H and O–H groups in total. The second-order valence-corrected chi connectivity index (χ2v) is 9.04. The molecule has 7 nitrogen and oxygen atoms in total. The van der Waals surface area contributed by atoms with E-state index in [9.17, 15) is 9.18 Å². The van der Waals surface area contributed by atoms with Gasteiger partial charge in [0.2, 0.25) is 0 Å². The molecule has 2 aromatic heterocycles. The fourth-order valence-electron chi connectivity index (χ4n) is 2.62. The summed E-state index contributed by atoms with van der Waals surface area (Å²) in [7, 11) is 0. The van der Waals surface area contributed by atoms with Gasteiger partial charge in [-0.2, -0.15) is 10.2 Å². The number of nitrogens with zero attached hydrogens (tertiary/aromatic N) is 3. The Labute approximate surface area is 194 Å². The van der Waals surface area contributed by atoms with Crippen molar-refractivity contribution in [3.8, 4) is 0 Å². The van der Waals surface area contributed by atoms with Crippen LogP contribution in [0.1, 0.15) is 27.2 Å². The minimum atomic E-state index is -0.309. The molecule has 10 heteroatoms. The van der Waals surface area contributed by atoms with Crippen molar-refractivity contribution in [2.45, 2.75) is 37.2 Å². The van der Waals surface area contributed by atoms with Gasteiger partial charge in [0.25, 0.3) is 5.91 Å². The van der Waals surface area contributed by atoms with Crippen molar-refractivity contribution in [2.75, 3.05) is 5.32 Å². The fraction of sp³-hybridized carbons (Fsp3) is 0.182. The Morgan fingerprint density at radius 2 is 1.88 bits per heavy atom. The minimum absolute atomic E-state index is 0.247. The molecule has 2 heterocycles. The predicted molar refractivity (Wildman–Crippen MR) is 127 cm³/mol. The maximum atomic E-state index is 13.4. The number of benzene rings is 1. The van der Waals surface area contributed by atoms with Crippen LogP contribution >= 0.6 is 23.5 Å². The minimum Gasteiger partial charge on any atom is -0.307 e. The molecule has 0 radical (unpaired) electrons. The molecule has 0 bridgehead atoms. The molecular formula is C22H23FN6OS2. The van der Waals surface area contributed by atoms with Crippen LogP contribution in [0.5, 0.6) is 0 Å². The van der Waals surface area contributed by atoms with Gasteiger partial charge < -0.3 is 5.32 Å². The van der Waals surface area contributed by atoms with Crippen LogP contribution in [0.3, 0.4) is 0 Å². The number of allylic oxidation sites excluding steroid dienone is 4. The third-order valence-corrected chi connectivity index (χ3v) is 6.26. The van der Waals surface area contributed by atoms with Crippen LogP contribution in [-0.4, -0.2) is 31.3 Å². The van der Waals surface area contributed by atoms with Gasteiger partial charge in [-0.25, -0.2) is 9.37 Å². The quantitative estimate of drug-likeness (QED) is 0.211.